The molecule has 0 spiro atoms. The first-order valence-corrected chi connectivity index (χ1v) is 6.87. The first-order chi connectivity index (χ1) is 10.6. The number of carboxylic acid groups (broad SMARTS) is 1. The quantitative estimate of drug-likeness (QED) is 0.755. The monoisotopic (exact) mass is 299 g/mol. The average Bonchev–Trinajstić information content (AvgIpc) is 2.53. The van der Waals surface area contributed by atoms with Gasteiger partial charge in [-0.15, -0.1) is 0 Å². The minimum Gasteiger partial charge on any atom is -0.480 e. The number of carbonyl (C=O) groups excluding carboxylic acids is 1. The lowest BCUT2D eigenvalue weighted by atomic mass is 10.0. The highest BCUT2D eigenvalue weighted by Crippen LogP contribution is 2.17. The molecule has 0 aliphatic carbocycles. The minimum atomic E-state index is -1.39. The van der Waals surface area contributed by atoms with E-state index >= 15 is 0 Å². The molecule has 114 valence electrons. The van der Waals surface area contributed by atoms with Crippen LogP contribution in [0.15, 0.2) is 60.7 Å². The van der Waals surface area contributed by atoms with Crippen LogP contribution >= 0.6 is 0 Å². The Morgan fingerprint density at radius 2 is 1.50 bits per heavy atom. The molecule has 2 aromatic carbocycles. The fourth-order valence-electron chi connectivity index (χ4n) is 2.12. The van der Waals surface area contributed by atoms with Gasteiger partial charge in [0.25, 0.3) is 0 Å². The first kappa shape index (κ1) is 15.7. The van der Waals surface area contributed by atoms with Gasteiger partial charge in [-0.1, -0.05) is 60.7 Å². The highest BCUT2D eigenvalue weighted by atomic mass is 16.4. The SMILES string of the molecule is O=C(Cc1ccccc1)N[C@@H](C(=O)O)[C@H](O)c1ccccc1. The third-order valence-electron chi connectivity index (χ3n) is 3.25. The summed E-state index contributed by atoms with van der Waals surface area (Å²) in [4.78, 5) is 23.3. The number of aliphatic carboxylic acids is 1. The Balaban J connectivity index is 2.06. The van der Waals surface area contributed by atoms with Crippen LogP contribution in [0, 0.1) is 0 Å². The maximum atomic E-state index is 12.0. The van der Waals surface area contributed by atoms with Gasteiger partial charge in [-0.25, -0.2) is 4.79 Å². The molecule has 5 nitrogen and oxygen atoms in total. The largest absolute Gasteiger partial charge is 0.480 e. The minimum absolute atomic E-state index is 0.0616. The van der Waals surface area contributed by atoms with Crippen LogP contribution in [0.25, 0.3) is 0 Å². The third kappa shape index (κ3) is 4.17. The highest BCUT2D eigenvalue weighted by Gasteiger charge is 2.29. The summed E-state index contributed by atoms with van der Waals surface area (Å²) >= 11 is 0. The van der Waals surface area contributed by atoms with E-state index in [2.05, 4.69) is 5.32 Å². The zero-order chi connectivity index (χ0) is 15.9. The highest BCUT2D eigenvalue weighted by molar-refractivity contribution is 5.85. The molecule has 2 rings (SSSR count). The van der Waals surface area contributed by atoms with Gasteiger partial charge in [0.15, 0.2) is 6.04 Å². The van der Waals surface area contributed by atoms with Crippen LogP contribution in [0.2, 0.25) is 0 Å². The van der Waals surface area contributed by atoms with Gasteiger partial charge in [0, 0.05) is 0 Å². The molecular formula is C17H17NO4. The summed E-state index contributed by atoms with van der Waals surface area (Å²) in [5.74, 6) is -1.73. The van der Waals surface area contributed by atoms with Crippen LogP contribution in [-0.2, 0) is 16.0 Å². The number of carbonyl (C=O) groups is 2. The van der Waals surface area contributed by atoms with Gasteiger partial charge in [-0.3, -0.25) is 4.79 Å². The Morgan fingerprint density at radius 3 is 2.05 bits per heavy atom. The van der Waals surface area contributed by atoms with Crippen molar-refractivity contribution in [2.75, 3.05) is 0 Å². The molecule has 0 saturated carbocycles. The standard InChI is InChI=1S/C17H17NO4/c19-14(11-12-7-3-1-4-8-12)18-15(17(21)22)16(20)13-9-5-2-6-10-13/h1-10,15-16,20H,11H2,(H,18,19)(H,21,22)/t15-,16-/m1/s1. The summed E-state index contributed by atoms with van der Waals surface area (Å²) in [5, 5.41) is 21.8. The molecule has 3 N–H and O–H groups in total. The molecule has 0 bridgehead atoms. The van der Waals surface area contributed by atoms with Crippen molar-refractivity contribution in [3.05, 3.63) is 71.8 Å². The molecule has 0 fully saturated rings. The second kappa shape index (κ2) is 7.38. The van der Waals surface area contributed by atoms with E-state index in [1.54, 1.807) is 54.6 Å². The van der Waals surface area contributed by atoms with E-state index in [4.69, 9.17) is 0 Å². The molecule has 0 aliphatic heterocycles. The van der Waals surface area contributed by atoms with Crippen LogP contribution in [-0.4, -0.2) is 28.1 Å². The van der Waals surface area contributed by atoms with Crippen molar-refractivity contribution in [3.63, 3.8) is 0 Å². The predicted molar refractivity (Wildman–Crippen MR) is 81.1 cm³/mol. The van der Waals surface area contributed by atoms with Crippen molar-refractivity contribution < 1.29 is 19.8 Å². The second-order valence-electron chi connectivity index (χ2n) is 4.90. The molecule has 2 atom stereocenters. The fraction of sp³-hybridized carbons (Fsp3) is 0.176. The summed E-state index contributed by atoms with van der Waals surface area (Å²) in [6.07, 6.45) is -1.25. The summed E-state index contributed by atoms with van der Waals surface area (Å²) in [5.41, 5.74) is 1.22. The van der Waals surface area contributed by atoms with E-state index in [9.17, 15) is 19.8 Å². The molecule has 22 heavy (non-hydrogen) atoms. The zero-order valence-electron chi connectivity index (χ0n) is 11.8. The molecule has 5 heteroatoms. The number of amides is 1. The van der Waals surface area contributed by atoms with E-state index in [0.717, 1.165) is 5.56 Å². The van der Waals surface area contributed by atoms with Gasteiger partial charge in [0.05, 0.1) is 6.42 Å². The van der Waals surface area contributed by atoms with Crippen molar-refractivity contribution in [2.24, 2.45) is 0 Å². The summed E-state index contributed by atoms with van der Waals surface area (Å²) in [7, 11) is 0. The Labute approximate surface area is 128 Å². The topological polar surface area (TPSA) is 86.6 Å². The van der Waals surface area contributed by atoms with Crippen molar-refractivity contribution in [3.8, 4) is 0 Å². The summed E-state index contributed by atoms with van der Waals surface area (Å²) in [6.45, 7) is 0. The maximum absolute atomic E-state index is 12.0. The normalized spacial score (nSPS) is 13.1. The number of hydrogen-bond donors (Lipinski definition) is 3. The Kier molecular flexibility index (Phi) is 5.27. The lowest BCUT2D eigenvalue weighted by Gasteiger charge is -2.20. The molecule has 0 aliphatic rings. The number of nitrogens with one attached hydrogen (secondary N) is 1. The van der Waals surface area contributed by atoms with Crippen LogP contribution in [0.4, 0.5) is 0 Å². The summed E-state index contributed by atoms with van der Waals surface area (Å²) in [6, 6.07) is 16.0. The lowest BCUT2D eigenvalue weighted by molar-refractivity contribution is -0.145. The molecular weight excluding hydrogens is 282 g/mol. The number of aliphatic hydroxyl groups is 1. The molecule has 2 aromatic rings. The molecule has 0 aromatic heterocycles. The van der Waals surface area contributed by atoms with E-state index < -0.39 is 24.0 Å². The molecule has 1 amide bonds. The Hall–Kier alpha value is -2.66. The number of benzene rings is 2. The first-order valence-electron chi connectivity index (χ1n) is 6.87. The molecule has 0 radical (unpaired) electrons. The second-order valence-corrected chi connectivity index (χ2v) is 4.90. The summed E-state index contributed by atoms with van der Waals surface area (Å²) < 4.78 is 0. The maximum Gasteiger partial charge on any atom is 0.329 e. The van der Waals surface area contributed by atoms with Crippen molar-refractivity contribution in [1.82, 2.24) is 5.32 Å². The fourth-order valence-corrected chi connectivity index (χ4v) is 2.12. The van der Waals surface area contributed by atoms with Gasteiger partial charge in [0.1, 0.15) is 6.10 Å². The van der Waals surface area contributed by atoms with Gasteiger partial charge in [-0.05, 0) is 11.1 Å². The predicted octanol–water partition coefficient (Wildman–Crippen LogP) is 1.53. The number of aliphatic hydroxyl groups excluding tert-OH is 1. The Morgan fingerprint density at radius 1 is 0.955 bits per heavy atom. The van der Waals surface area contributed by atoms with E-state index in [0.29, 0.717) is 5.56 Å². The third-order valence-corrected chi connectivity index (χ3v) is 3.25. The zero-order valence-corrected chi connectivity index (χ0v) is 11.8. The number of carboxylic acids is 1. The van der Waals surface area contributed by atoms with E-state index in [-0.39, 0.29) is 6.42 Å². The molecule has 0 saturated heterocycles. The van der Waals surface area contributed by atoms with Crippen LogP contribution in [0.5, 0.6) is 0 Å². The van der Waals surface area contributed by atoms with Gasteiger partial charge >= 0.3 is 5.97 Å². The van der Waals surface area contributed by atoms with Crippen LogP contribution in [0.3, 0.4) is 0 Å². The van der Waals surface area contributed by atoms with Gasteiger partial charge in [-0.2, -0.15) is 0 Å². The van der Waals surface area contributed by atoms with Crippen molar-refractivity contribution in [2.45, 2.75) is 18.6 Å². The van der Waals surface area contributed by atoms with E-state index in [1.165, 1.54) is 0 Å². The molecule has 0 heterocycles. The van der Waals surface area contributed by atoms with Crippen LogP contribution < -0.4 is 5.32 Å². The smallest absolute Gasteiger partial charge is 0.329 e. The van der Waals surface area contributed by atoms with E-state index in [1.807, 2.05) is 6.07 Å². The molecule has 0 unspecified atom stereocenters. The van der Waals surface area contributed by atoms with Gasteiger partial charge < -0.3 is 15.5 Å². The van der Waals surface area contributed by atoms with Crippen molar-refractivity contribution in [1.29, 1.82) is 0 Å². The Bertz CT molecular complexity index is 628. The number of rotatable bonds is 6. The van der Waals surface area contributed by atoms with Crippen LogP contribution in [0.1, 0.15) is 17.2 Å². The van der Waals surface area contributed by atoms with Gasteiger partial charge in [0.2, 0.25) is 5.91 Å². The van der Waals surface area contributed by atoms with Crippen molar-refractivity contribution >= 4 is 11.9 Å². The average molecular weight is 299 g/mol. The number of hydrogen-bond acceptors (Lipinski definition) is 3. The lowest BCUT2D eigenvalue weighted by Crippen LogP contribution is -2.45.